The van der Waals surface area contributed by atoms with Crippen LogP contribution in [-0.2, 0) is 4.43 Å². The lowest BCUT2D eigenvalue weighted by Crippen LogP contribution is -2.06. The minimum atomic E-state index is -0.363. The number of aromatic hydroxyl groups is 1. The zero-order chi connectivity index (χ0) is 13.7. The summed E-state index contributed by atoms with van der Waals surface area (Å²) in [5, 5.41) is 9.01. The normalized spacial score (nSPS) is 16.3. The van der Waals surface area contributed by atoms with Gasteiger partial charge in [-0.1, -0.05) is 64.4 Å². The summed E-state index contributed by atoms with van der Waals surface area (Å²) in [5.74, 6) is -0.363. The van der Waals surface area contributed by atoms with Crippen LogP contribution in [0, 0.1) is 0 Å². The Morgan fingerprint density at radius 2 is 1.33 bits per heavy atom. The molecule has 1 N–H and O–H groups in total. The van der Waals surface area contributed by atoms with Gasteiger partial charge in [-0.15, -0.1) is 0 Å². The number of hydrogen-bond donors (Lipinski definition) is 1. The third-order valence-corrected chi connectivity index (χ3v) is 5.89. The van der Waals surface area contributed by atoms with Crippen LogP contribution in [0.2, 0.25) is 31.2 Å². The van der Waals surface area contributed by atoms with E-state index < -0.39 is 0 Å². The van der Waals surface area contributed by atoms with Gasteiger partial charge in [0.1, 0.15) is 10.0 Å². The van der Waals surface area contributed by atoms with Crippen LogP contribution >= 0.6 is 58.0 Å². The smallest absolute Gasteiger partial charge is 0.161 e. The van der Waals surface area contributed by atoms with Crippen molar-refractivity contribution < 1.29 is 9.53 Å². The lowest BCUT2D eigenvalue weighted by molar-refractivity contribution is 0.304. The average Bonchev–Trinajstić information content (AvgIpc) is 2.43. The third kappa shape index (κ3) is 4.34. The molecule has 1 aromatic carbocycles. The molecular weight excluding hydrogens is 357 g/mol. The van der Waals surface area contributed by atoms with Gasteiger partial charge in [0, 0.05) is 6.61 Å². The summed E-state index contributed by atoms with van der Waals surface area (Å²) in [4.78, 5) is 0. The molecule has 0 aromatic heterocycles. The van der Waals surface area contributed by atoms with Gasteiger partial charge in [-0.25, -0.2) is 0 Å². The van der Waals surface area contributed by atoms with E-state index in [9.17, 15) is 5.11 Å². The molecule has 1 fully saturated rings. The molecule has 0 saturated carbocycles. The van der Waals surface area contributed by atoms with Gasteiger partial charge in [-0.2, -0.15) is 0 Å². The molecule has 0 unspecified atom stereocenters. The number of hydrogen-bond acceptors (Lipinski definition) is 2. The van der Waals surface area contributed by atoms with E-state index in [2.05, 4.69) is 0 Å². The molecule has 1 heterocycles. The molecule has 0 radical (unpaired) electrons. The Balaban J connectivity index is 0.000000225. The van der Waals surface area contributed by atoms with Crippen LogP contribution in [0.3, 0.4) is 0 Å². The van der Waals surface area contributed by atoms with E-state index in [1.54, 1.807) is 0 Å². The zero-order valence-corrected chi connectivity index (χ0v) is 14.5. The summed E-state index contributed by atoms with van der Waals surface area (Å²) in [6, 6.07) is 1.42. The van der Waals surface area contributed by atoms with Gasteiger partial charge in [0.05, 0.1) is 15.1 Å². The highest BCUT2D eigenvalue weighted by atomic mass is 35.5. The van der Waals surface area contributed by atoms with Crippen molar-refractivity contribution in [1.82, 2.24) is 0 Å². The van der Waals surface area contributed by atoms with E-state index in [-0.39, 0.29) is 40.6 Å². The molecule has 0 aliphatic carbocycles. The van der Waals surface area contributed by atoms with Crippen molar-refractivity contribution in [2.75, 3.05) is 6.61 Å². The van der Waals surface area contributed by atoms with Crippen LogP contribution in [0.1, 0.15) is 12.8 Å². The summed E-state index contributed by atoms with van der Waals surface area (Å²) in [6.45, 7) is 1.06. The minimum absolute atomic E-state index is 0.00849. The molecule has 1 saturated heterocycles. The van der Waals surface area contributed by atoms with Gasteiger partial charge in [0.15, 0.2) is 15.5 Å². The van der Waals surface area contributed by atoms with Crippen LogP contribution in [0.5, 0.6) is 5.75 Å². The second-order valence-electron chi connectivity index (χ2n) is 3.59. The van der Waals surface area contributed by atoms with Crippen LogP contribution in [0.4, 0.5) is 0 Å². The van der Waals surface area contributed by atoms with E-state index in [1.807, 2.05) is 0 Å². The first kappa shape index (κ1) is 16.7. The third-order valence-electron chi connectivity index (χ3n) is 2.26. The van der Waals surface area contributed by atoms with E-state index in [0.717, 1.165) is 6.61 Å². The summed E-state index contributed by atoms with van der Waals surface area (Å²) >= 11 is 27.9. The topological polar surface area (TPSA) is 29.5 Å². The largest absolute Gasteiger partial charge is 0.505 e. The van der Waals surface area contributed by atoms with Gasteiger partial charge in [0.2, 0.25) is 0 Å². The Morgan fingerprint density at radius 1 is 0.833 bits per heavy atom. The molecule has 0 amide bonds. The monoisotopic (exact) mass is 366 g/mol. The predicted octanol–water partition coefficient (Wildman–Crippen LogP) is 4.96. The minimum Gasteiger partial charge on any atom is -0.505 e. The lowest BCUT2D eigenvalue weighted by Gasteiger charge is -2.07. The van der Waals surface area contributed by atoms with E-state index in [4.69, 9.17) is 62.4 Å². The van der Waals surface area contributed by atoms with E-state index in [1.165, 1.54) is 18.9 Å². The molecule has 0 atom stereocenters. The Hall–Kier alpha value is 0.647. The van der Waals surface area contributed by atoms with Gasteiger partial charge in [0.25, 0.3) is 0 Å². The fraction of sp³-hybridized carbons (Fsp3) is 0.400. The molecule has 18 heavy (non-hydrogen) atoms. The Kier molecular flexibility index (Phi) is 7.47. The number of rotatable bonds is 0. The van der Waals surface area contributed by atoms with Gasteiger partial charge >= 0.3 is 0 Å². The lowest BCUT2D eigenvalue weighted by atomic mass is 10.3. The highest BCUT2D eigenvalue weighted by molar-refractivity contribution is 6.55. The second-order valence-corrected chi connectivity index (χ2v) is 7.00. The zero-order valence-electron chi connectivity index (χ0n) is 9.28. The maximum atomic E-state index is 9.20. The molecule has 1 aromatic rings. The number of benzene rings is 1. The molecule has 2 nitrogen and oxygen atoms in total. The first-order chi connectivity index (χ1) is 8.46. The SMILES string of the molecule is C1CC[SiH2]OC1.Oc1c(Cl)c(Cl)c(Cl)c(Cl)c1Cl. The molecular formula is C10H11Cl5O2Si. The number of halogens is 5. The summed E-state index contributed by atoms with van der Waals surface area (Å²) in [6.07, 6.45) is 2.75. The highest BCUT2D eigenvalue weighted by Gasteiger charge is 2.18. The molecule has 102 valence electrons. The van der Waals surface area contributed by atoms with Gasteiger partial charge < -0.3 is 9.53 Å². The quantitative estimate of drug-likeness (QED) is 0.398. The molecule has 0 bridgehead atoms. The van der Waals surface area contributed by atoms with Gasteiger partial charge in [-0.3, -0.25) is 0 Å². The van der Waals surface area contributed by atoms with Crippen LogP contribution in [0.25, 0.3) is 0 Å². The molecule has 8 heteroatoms. The summed E-state index contributed by atoms with van der Waals surface area (Å²) in [7, 11) is 0.00849. The van der Waals surface area contributed by atoms with Crippen molar-refractivity contribution in [2.24, 2.45) is 0 Å². The fourth-order valence-corrected chi connectivity index (χ4v) is 3.58. The summed E-state index contributed by atoms with van der Waals surface area (Å²) < 4.78 is 5.21. The molecule has 2 rings (SSSR count). The predicted molar refractivity (Wildman–Crippen MR) is 81.7 cm³/mol. The maximum Gasteiger partial charge on any atom is 0.161 e. The fourth-order valence-electron chi connectivity index (χ4n) is 1.28. The first-order valence-electron chi connectivity index (χ1n) is 5.25. The first-order valence-corrected chi connectivity index (χ1v) is 8.71. The molecule has 1 aliphatic heterocycles. The number of phenolic OH excluding ortho intramolecular Hbond substituents is 1. The van der Waals surface area contributed by atoms with Crippen LogP contribution in [0.15, 0.2) is 0 Å². The van der Waals surface area contributed by atoms with Crippen LogP contribution < -0.4 is 0 Å². The molecule has 0 spiro atoms. The standard InChI is InChI=1S/C6HCl5O.C4H10OSi/c7-1-2(8)4(10)6(12)5(11)3(1)9;1-2-4-6-5-3-1/h12H;1-4,6H2. The van der Waals surface area contributed by atoms with Crippen molar-refractivity contribution in [2.45, 2.75) is 18.9 Å². The summed E-state index contributed by atoms with van der Waals surface area (Å²) in [5.41, 5.74) is 0. The Morgan fingerprint density at radius 3 is 1.61 bits per heavy atom. The van der Waals surface area contributed by atoms with Crippen molar-refractivity contribution in [3.63, 3.8) is 0 Å². The molecule has 1 aliphatic rings. The highest BCUT2D eigenvalue weighted by Crippen LogP contribution is 2.47. The van der Waals surface area contributed by atoms with Crippen LogP contribution in [-0.4, -0.2) is 21.5 Å². The van der Waals surface area contributed by atoms with Gasteiger partial charge in [-0.05, 0) is 12.5 Å². The van der Waals surface area contributed by atoms with Crippen molar-refractivity contribution in [3.05, 3.63) is 25.1 Å². The van der Waals surface area contributed by atoms with Crippen molar-refractivity contribution in [3.8, 4) is 5.75 Å². The van der Waals surface area contributed by atoms with Crippen molar-refractivity contribution >= 4 is 67.8 Å². The number of phenols is 1. The van der Waals surface area contributed by atoms with Crippen molar-refractivity contribution in [1.29, 1.82) is 0 Å². The maximum absolute atomic E-state index is 9.20. The Bertz CT molecular complexity index is 307. The average molecular weight is 369 g/mol. The van der Waals surface area contributed by atoms with E-state index in [0.29, 0.717) is 0 Å². The second kappa shape index (κ2) is 8.05. The Labute approximate surface area is 133 Å². The van der Waals surface area contributed by atoms with E-state index >= 15 is 0 Å².